The second-order valence-electron chi connectivity index (χ2n) is 10.7. The quantitative estimate of drug-likeness (QED) is 0.201. The number of ether oxygens (including phenoxy) is 3. The number of rotatable bonds is 9. The van der Waals surface area contributed by atoms with Gasteiger partial charge in [0.05, 0.1) is 32.4 Å². The van der Waals surface area contributed by atoms with E-state index in [4.69, 9.17) is 14.2 Å². The van der Waals surface area contributed by atoms with E-state index in [1.165, 1.54) is 0 Å². The highest BCUT2D eigenvalue weighted by molar-refractivity contribution is 6.46. The summed E-state index contributed by atoms with van der Waals surface area (Å²) < 4.78 is 16.6. The van der Waals surface area contributed by atoms with Crippen molar-refractivity contribution in [1.82, 2.24) is 4.90 Å². The first-order valence-corrected chi connectivity index (χ1v) is 13.4. The molecule has 4 rings (SSSR count). The molecule has 1 aliphatic heterocycles. The third-order valence-corrected chi connectivity index (χ3v) is 7.11. The maximum absolute atomic E-state index is 13.5. The van der Waals surface area contributed by atoms with Crippen LogP contribution in [0.1, 0.15) is 56.0 Å². The lowest BCUT2D eigenvalue weighted by Crippen LogP contribution is -2.31. The number of hydrogen-bond donors (Lipinski definition) is 1. The first kappa shape index (κ1) is 28.7. The number of aliphatic hydroxyl groups is 1. The number of nitrogens with zero attached hydrogens (tertiary/aromatic N) is 1. The summed E-state index contributed by atoms with van der Waals surface area (Å²) in [6.07, 6.45) is 0.480. The van der Waals surface area contributed by atoms with Crippen LogP contribution in [0.4, 0.5) is 0 Å². The molecule has 3 aromatic carbocycles. The van der Waals surface area contributed by atoms with E-state index in [0.717, 1.165) is 22.4 Å². The van der Waals surface area contributed by atoms with Crippen LogP contribution in [0.2, 0.25) is 0 Å². The Morgan fingerprint density at radius 1 is 0.900 bits per heavy atom. The van der Waals surface area contributed by atoms with Gasteiger partial charge in [0.25, 0.3) is 11.7 Å². The lowest BCUT2D eigenvalue weighted by molar-refractivity contribution is -0.139. The number of carbonyl (C=O) groups is 2. The number of carbonyl (C=O) groups excluding carboxylic acids is 2. The van der Waals surface area contributed by atoms with E-state index in [2.05, 4.69) is 20.8 Å². The minimum absolute atomic E-state index is 0.0764. The van der Waals surface area contributed by atoms with Crippen molar-refractivity contribution in [2.24, 2.45) is 0 Å². The Bertz CT molecular complexity index is 1420. The topological polar surface area (TPSA) is 85.3 Å². The van der Waals surface area contributed by atoms with Crippen LogP contribution in [0.3, 0.4) is 0 Å². The number of Topliss-reactive ketones (excluding diaryl/α,β-unsaturated/α-hetero) is 1. The van der Waals surface area contributed by atoms with Crippen molar-refractivity contribution in [3.8, 4) is 17.2 Å². The summed E-state index contributed by atoms with van der Waals surface area (Å²) in [4.78, 5) is 28.4. The van der Waals surface area contributed by atoms with Crippen LogP contribution in [0.5, 0.6) is 17.2 Å². The van der Waals surface area contributed by atoms with E-state index in [9.17, 15) is 14.7 Å². The van der Waals surface area contributed by atoms with E-state index in [1.807, 2.05) is 67.6 Å². The molecular weight excluding hydrogens is 506 g/mol. The number of hydrogen-bond acceptors (Lipinski definition) is 6. The Labute approximate surface area is 236 Å². The Hall–Kier alpha value is -4.26. The molecule has 0 aromatic heterocycles. The SMILES string of the molecule is CCOc1ccc(/C(O)=C2/C(=O)C(=O)N(CCc3ccc(OC)c(OC)c3)C2c2ccccc2)cc1C(C)(C)C. The molecule has 0 bridgehead atoms. The molecule has 210 valence electrons. The highest BCUT2D eigenvalue weighted by Crippen LogP contribution is 2.41. The summed E-state index contributed by atoms with van der Waals surface area (Å²) in [7, 11) is 3.15. The number of amides is 1. The van der Waals surface area contributed by atoms with Gasteiger partial charge in [0.15, 0.2) is 11.5 Å². The fraction of sp³-hybridized carbons (Fsp3) is 0.333. The van der Waals surface area contributed by atoms with E-state index >= 15 is 0 Å². The first-order valence-electron chi connectivity index (χ1n) is 13.4. The summed E-state index contributed by atoms with van der Waals surface area (Å²) in [5.74, 6) is 0.381. The van der Waals surface area contributed by atoms with Crippen molar-refractivity contribution in [3.63, 3.8) is 0 Å². The normalized spacial score (nSPS) is 16.8. The van der Waals surface area contributed by atoms with Gasteiger partial charge in [-0.1, -0.05) is 57.2 Å². The number of ketones is 1. The van der Waals surface area contributed by atoms with Gasteiger partial charge in [-0.15, -0.1) is 0 Å². The van der Waals surface area contributed by atoms with Gasteiger partial charge in [-0.2, -0.15) is 0 Å². The zero-order chi connectivity index (χ0) is 29.0. The van der Waals surface area contributed by atoms with Gasteiger partial charge in [-0.25, -0.2) is 0 Å². The lowest BCUT2D eigenvalue weighted by atomic mass is 9.84. The van der Waals surface area contributed by atoms with Crippen molar-refractivity contribution in [2.75, 3.05) is 27.4 Å². The number of aliphatic hydroxyl groups excluding tert-OH is 1. The van der Waals surface area contributed by atoms with Crippen LogP contribution >= 0.6 is 0 Å². The second-order valence-corrected chi connectivity index (χ2v) is 10.7. The molecule has 1 heterocycles. The predicted molar refractivity (Wildman–Crippen MR) is 155 cm³/mol. The van der Waals surface area contributed by atoms with Crippen LogP contribution < -0.4 is 14.2 Å². The fourth-order valence-electron chi connectivity index (χ4n) is 5.08. The molecule has 1 unspecified atom stereocenters. The van der Waals surface area contributed by atoms with Crippen molar-refractivity contribution in [2.45, 2.75) is 45.6 Å². The summed E-state index contributed by atoms with van der Waals surface area (Å²) in [5.41, 5.74) is 2.84. The molecule has 1 N–H and O–H groups in total. The first-order chi connectivity index (χ1) is 19.1. The van der Waals surface area contributed by atoms with Crippen LogP contribution in [-0.4, -0.2) is 49.1 Å². The second kappa shape index (κ2) is 11.9. The van der Waals surface area contributed by atoms with Gasteiger partial charge in [0.1, 0.15) is 11.5 Å². The molecule has 7 heteroatoms. The molecule has 0 saturated carbocycles. The molecule has 1 fully saturated rings. The van der Waals surface area contributed by atoms with Gasteiger partial charge in [0.2, 0.25) is 0 Å². The molecule has 0 radical (unpaired) electrons. The maximum Gasteiger partial charge on any atom is 0.295 e. The molecule has 1 atom stereocenters. The van der Waals surface area contributed by atoms with Crippen molar-refractivity contribution in [3.05, 3.63) is 94.6 Å². The summed E-state index contributed by atoms with van der Waals surface area (Å²) >= 11 is 0. The Morgan fingerprint density at radius 3 is 2.20 bits per heavy atom. The molecule has 40 heavy (non-hydrogen) atoms. The maximum atomic E-state index is 13.5. The van der Waals surface area contributed by atoms with Gasteiger partial charge < -0.3 is 24.2 Å². The Balaban J connectivity index is 1.77. The highest BCUT2D eigenvalue weighted by atomic mass is 16.5. The molecule has 0 spiro atoms. The minimum atomic E-state index is -0.731. The summed E-state index contributed by atoms with van der Waals surface area (Å²) in [6, 6.07) is 19.6. The van der Waals surface area contributed by atoms with Crippen LogP contribution in [0.15, 0.2) is 72.3 Å². The monoisotopic (exact) mass is 543 g/mol. The number of likely N-dealkylation sites (tertiary alicyclic amines) is 1. The zero-order valence-electron chi connectivity index (χ0n) is 24.0. The Kier molecular flexibility index (Phi) is 8.52. The van der Waals surface area contributed by atoms with E-state index < -0.39 is 17.7 Å². The standard InChI is InChI=1S/C33H37NO6/c1-7-40-25-16-14-23(20-24(25)33(2,3)4)30(35)28-29(22-11-9-8-10-12-22)34(32(37)31(28)36)18-17-21-13-15-26(38-5)27(19-21)39-6/h8-16,19-20,29,35H,7,17-18H2,1-6H3/b30-28-. The molecule has 1 amide bonds. The van der Waals surface area contributed by atoms with Crippen molar-refractivity contribution < 1.29 is 28.9 Å². The van der Waals surface area contributed by atoms with Gasteiger partial charge >= 0.3 is 0 Å². The van der Waals surface area contributed by atoms with Gasteiger partial charge in [-0.3, -0.25) is 9.59 Å². The van der Waals surface area contributed by atoms with Crippen LogP contribution in [0, 0.1) is 0 Å². The number of methoxy groups -OCH3 is 2. The van der Waals surface area contributed by atoms with E-state index in [1.54, 1.807) is 25.2 Å². The highest BCUT2D eigenvalue weighted by Gasteiger charge is 2.46. The molecular formula is C33H37NO6. The molecule has 0 aliphatic carbocycles. The molecule has 7 nitrogen and oxygen atoms in total. The summed E-state index contributed by atoms with van der Waals surface area (Å²) in [6.45, 7) is 8.88. The predicted octanol–water partition coefficient (Wildman–Crippen LogP) is 6.06. The van der Waals surface area contributed by atoms with Crippen LogP contribution in [0.25, 0.3) is 5.76 Å². The van der Waals surface area contributed by atoms with Gasteiger partial charge in [0, 0.05) is 17.7 Å². The zero-order valence-corrected chi connectivity index (χ0v) is 24.0. The van der Waals surface area contributed by atoms with E-state index in [0.29, 0.717) is 30.1 Å². The third-order valence-electron chi connectivity index (χ3n) is 7.11. The average molecular weight is 544 g/mol. The molecule has 1 aliphatic rings. The van der Waals surface area contributed by atoms with Crippen molar-refractivity contribution >= 4 is 17.4 Å². The average Bonchev–Trinajstić information content (AvgIpc) is 3.20. The Morgan fingerprint density at radius 2 is 1.57 bits per heavy atom. The third kappa shape index (κ3) is 5.69. The molecule has 3 aromatic rings. The van der Waals surface area contributed by atoms with Gasteiger partial charge in [-0.05, 0) is 60.2 Å². The van der Waals surface area contributed by atoms with E-state index in [-0.39, 0.29) is 23.3 Å². The number of benzene rings is 3. The van der Waals surface area contributed by atoms with Crippen LogP contribution in [-0.2, 0) is 21.4 Å². The van der Waals surface area contributed by atoms with Crippen molar-refractivity contribution in [1.29, 1.82) is 0 Å². The lowest BCUT2D eigenvalue weighted by Gasteiger charge is -2.26. The fourth-order valence-corrected chi connectivity index (χ4v) is 5.08. The largest absolute Gasteiger partial charge is 0.507 e. The summed E-state index contributed by atoms with van der Waals surface area (Å²) in [5, 5.41) is 11.6. The minimum Gasteiger partial charge on any atom is -0.507 e. The molecule has 1 saturated heterocycles. The smallest absolute Gasteiger partial charge is 0.295 e.